The van der Waals surface area contributed by atoms with Crippen molar-refractivity contribution in [3.63, 3.8) is 0 Å². The molecule has 1 unspecified atom stereocenters. The van der Waals surface area contributed by atoms with Crippen molar-refractivity contribution >= 4 is 17.3 Å². The Kier molecular flexibility index (Phi) is 3.74. The standard InChI is InChI=1S/C14H21ClN2O/c1-14(2)8-10(16-3)9-17(14)11-5-6-13(18-4)12(15)7-11/h5-7,10,16H,8-9H2,1-4H3. The molecule has 1 fully saturated rings. The molecule has 3 nitrogen and oxygen atoms in total. The molecule has 0 amide bonds. The summed E-state index contributed by atoms with van der Waals surface area (Å²) in [6.07, 6.45) is 1.13. The quantitative estimate of drug-likeness (QED) is 0.912. The van der Waals surface area contributed by atoms with E-state index in [1.165, 1.54) is 0 Å². The zero-order valence-electron chi connectivity index (χ0n) is 11.5. The van der Waals surface area contributed by atoms with E-state index in [9.17, 15) is 0 Å². The van der Waals surface area contributed by atoms with Crippen molar-refractivity contribution in [3.8, 4) is 5.75 Å². The minimum atomic E-state index is 0.144. The fourth-order valence-electron chi connectivity index (χ4n) is 2.72. The van der Waals surface area contributed by atoms with E-state index < -0.39 is 0 Å². The molecule has 0 aliphatic carbocycles. The van der Waals surface area contributed by atoms with E-state index in [1.807, 2.05) is 19.2 Å². The summed E-state index contributed by atoms with van der Waals surface area (Å²) in [5.41, 5.74) is 1.30. The van der Waals surface area contributed by atoms with E-state index in [-0.39, 0.29) is 5.54 Å². The average molecular weight is 269 g/mol. The third-order valence-electron chi connectivity index (χ3n) is 3.73. The Morgan fingerprint density at radius 3 is 2.67 bits per heavy atom. The van der Waals surface area contributed by atoms with Crippen molar-refractivity contribution in [1.82, 2.24) is 5.32 Å². The van der Waals surface area contributed by atoms with Crippen LogP contribution in [0.2, 0.25) is 5.02 Å². The second-order valence-electron chi connectivity index (χ2n) is 5.43. The van der Waals surface area contributed by atoms with Gasteiger partial charge in [-0.3, -0.25) is 0 Å². The number of benzene rings is 1. The summed E-state index contributed by atoms with van der Waals surface area (Å²) in [7, 11) is 3.66. The number of nitrogens with zero attached hydrogens (tertiary/aromatic N) is 1. The van der Waals surface area contributed by atoms with Crippen molar-refractivity contribution in [2.75, 3.05) is 25.6 Å². The topological polar surface area (TPSA) is 24.5 Å². The molecule has 1 saturated heterocycles. The Labute approximate surface area is 114 Å². The highest BCUT2D eigenvalue weighted by atomic mass is 35.5. The molecular formula is C14H21ClN2O. The first-order chi connectivity index (χ1) is 8.47. The van der Waals surface area contributed by atoms with Crippen LogP contribution in [-0.4, -0.2) is 32.3 Å². The van der Waals surface area contributed by atoms with Gasteiger partial charge >= 0.3 is 0 Å². The Balaban J connectivity index is 2.28. The molecule has 0 aromatic heterocycles. The van der Waals surface area contributed by atoms with Gasteiger partial charge in [0.1, 0.15) is 5.75 Å². The van der Waals surface area contributed by atoms with Gasteiger partial charge < -0.3 is 15.0 Å². The van der Waals surface area contributed by atoms with Crippen molar-refractivity contribution in [1.29, 1.82) is 0 Å². The number of hydrogen-bond acceptors (Lipinski definition) is 3. The maximum absolute atomic E-state index is 6.20. The van der Waals surface area contributed by atoms with Crippen LogP contribution in [0.25, 0.3) is 0 Å². The van der Waals surface area contributed by atoms with Crippen molar-refractivity contribution < 1.29 is 4.74 Å². The molecule has 2 rings (SSSR count). The number of likely N-dealkylation sites (N-methyl/N-ethyl adjacent to an activating group) is 1. The zero-order valence-corrected chi connectivity index (χ0v) is 12.2. The minimum Gasteiger partial charge on any atom is -0.495 e. The highest BCUT2D eigenvalue weighted by Crippen LogP contribution is 2.37. The summed E-state index contributed by atoms with van der Waals surface area (Å²) in [5.74, 6) is 0.725. The third kappa shape index (κ3) is 2.43. The smallest absolute Gasteiger partial charge is 0.137 e. The van der Waals surface area contributed by atoms with Crippen LogP contribution < -0.4 is 15.0 Å². The Morgan fingerprint density at radius 1 is 1.44 bits per heavy atom. The van der Waals surface area contributed by atoms with E-state index in [0.29, 0.717) is 11.1 Å². The summed E-state index contributed by atoms with van der Waals surface area (Å²) < 4.78 is 5.19. The summed E-state index contributed by atoms with van der Waals surface area (Å²) in [5, 5.41) is 4.02. The summed E-state index contributed by atoms with van der Waals surface area (Å²) in [6, 6.07) is 6.52. The van der Waals surface area contributed by atoms with Gasteiger partial charge in [0, 0.05) is 23.8 Å². The lowest BCUT2D eigenvalue weighted by Gasteiger charge is -2.33. The molecule has 1 aromatic carbocycles. The van der Waals surface area contributed by atoms with Crippen molar-refractivity contribution in [2.45, 2.75) is 31.8 Å². The molecule has 0 spiro atoms. The lowest BCUT2D eigenvalue weighted by atomic mass is 10.00. The zero-order chi connectivity index (χ0) is 13.3. The molecule has 1 aromatic rings. The van der Waals surface area contributed by atoms with Gasteiger partial charge in [-0.05, 0) is 45.5 Å². The highest BCUT2D eigenvalue weighted by Gasteiger charge is 2.37. The fraction of sp³-hybridized carbons (Fsp3) is 0.571. The molecule has 1 aliphatic heterocycles. The summed E-state index contributed by atoms with van der Waals surface area (Å²) >= 11 is 6.20. The first-order valence-corrected chi connectivity index (χ1v) is 6.64. The van der Waals surface area contributed by atoms with Gasteiger partial charge in [-0.1, -0.05) is 11.6 Å². The largest absolute Gasteiger partial charge is 0.495 e. The minimum absolute atomic E-state index is 0.144. The maximum Gasteiger partial charge on any atom is 0.137 e. The number of hydrogen-bond donors (Lipinski definition) is 1. The van der Waals surface area contributed by atoms with Gasteiger partial charge in [-0.25, -0.2) is 0 Å². The molecule has 1 heterocycles. The van der Waals surface area contributed by atoms with Crippen molar-refractivity contribution in [2.24, 2.45) is 0 Å². The Morgan fingerprint density at radius 2 is 2.17 bits per heavy atom. The first-order valence-electron chi connectivity index (χ1n) is 6.26. The maximum atomic E-state index is 6.20. The summed E-state index contributed by atoms with van der Waals surface area (Å²) in [6.45, 7) is 5.54. The number of nitrogens with one attached hydrogen (secondary N) is 1. The van der Waals surface area contributed by atoms with Gasteiger partial charge in [0.15, 0.2) is 0 Å². The van der Waals surface area contributed by atoms with E-state index in [2.05, 4.69) is 30.1 Å². The predicted molar refractivity (Wildman–Crippen MR) is 76.9 cm³/mol. The monoisotopic (exact) mass is 268 g/mol. The van der Waals surface area contributed by atoms with E-state index >= 15 is 0 Å². The second kappa shape index (κ2) is 4.98. The molecule has 1 atom stereocenters. The van der Waals surface area contributed by atoms with Crippen molar-refractivity contribution in [3.05, 3.63) is 23.2 Å². The molecule has 100 valence electrons. The SMILES string of the molecule is CNC1CN(c2ccc(OC)c(Cl)c2)C(C)(C)C1. The second-order valence-corrected chi connectivity index (χ2v) is 5.84. The van der Waals surface area contributed by atoms with E-state index in [4.69, 9.17) is 16.3 Å². The lowest BCUT2D eigenvalue weighted by molar-refractivity contribution is 0.415. The Bertz CT molecular complexity index is 434. The van der Waals surface area contributed by atoms with Crippen LogP contribution in [0.5, 0.6) is 5.75 Å². The predicted octanol–water partition coefficient (Wildman–Crippen LogP) is 2.93. The van der Waals surface area contributed by atoms with Gasteiger partial charge in [0.25, 0.3) is 0 Å². The molecule has 0 saturated carbocycles. The van der Waals surface area contributed by atoms with Gasteiger partial charge in [-0.2, -0.15) is 0 Å². The third-order valence-corrected chi connectivity index (χ3v) is 4.03. The molecule has 0 bridgehead atoms. The number of ether oxygens (including phenoxy) is 1. The van der Waals surface area contributed by atoms with Crippen LogP contribution in [0.1, 0.15) is 20.3 Å². The number of rotatable bonds is 3. The Hall–Kier alpha value is -0.930. The van der Waals surface area contributed by atoms with Gasteiger partial charge in [0.2, 0.25) is 0 Å². The molecule has 4 heteroatoms. The molecule has 1 N–H and O–H groups in total. The average Bonchev–Trinajstić information content (AvgIpc) is 2.64. The van der Waals surface area contributed by atoms with Crippen LogP contribution in [-0.2, 0) is 0 Å². The first kappa shape index (κ1) is 13.5. The lowest BCUT2D eigenvalue weighted by Crippen LogP contribution is -2.38. The van der Waals surface area contributed by atoms with Crippen LogP contribution in [0.15, 0.2) is 18.2 Å². The normalized spacial score (nSPS) is 22.3. The molecule has 0 radical (unpaired) electrons. The fourth-order valence-corrected chi connectivity index (χ4v) is 2.97. The molecular weight excluding hydrogens is 248 g/mol. The van der Waals surface area contributed by atoms with Gasteiger partial charge in [-0.15, -0.1) is 0 Å². The van der Waals surface area contributed by atoms with Crippen LogP contribution in [0.3, 0.4) is 0 Å². The van der Waals surface area contributed by atoms with Crippen LogP contribution >= 0.6 is 11.6 Å². The number of halogens is 1. The van der Waals surface area contributed by atoms with Crippen LogP contribution in [0.4, 0.5) is 5.69 Å². The summed E-state index contributed by atoms with van der Waals surface area (Å²) in [4.78, 5) is 2.40. The molecule has 1 aliphatic rings. The van der Waals surface area contributed by atoms with Crippen LogP contribution in [0, 0.1) is 0 Å². The number of methoxy groups -OCH3 is 1. The highest BCUT2D eigenvalue weighted by molar-refractivity contribution is 6.32. The number of anilines is 1. The molecule has 18 heavy (non-hydrogen) atoms. The van der Waals surface area contributed by atoms with Gasteiger partial charge in [0.05, 0.1) is 12.1 Å². The van der Waals surface area contributed by atoms with E-state index in [0.717, 1.165) is 24.4 Å². The van der Waals surface area contributed by atoms with E-state index in [1.54, 1.807) is 7.11 Å².